The van der Waals surface area contributed by atoms with Crippen molar-refractivity contribution in [1.29, 1.82) is 0 Å². The molecular weight excluding hydrogens is 332 g/mol. The molecule has 138 valence electrons. The summed E-state index contributed by atoms with van der Waals surface area (Å²) in [5, 5.41) is 2.69. The van der Waals surface area contributed by atoms with E-state index < -0.39 is 35.5 Å². The van der Waals surface area contributed by atoms with E-state index in [1.54, 1.807) is 27.7 Å². The van der Waals surface area contributed by atoms with Crippen LogP contribution in [0.5, 0.6) is 0 Å². The summed E-state index contributed by atoms with van der Waals surface area (Å²) in [4.78, 5) is 21.8. The molecular formula is C18H24F2NO4+. The number of halogens is 2. The number of carbonyl (C=O) groups excluding carboxylic acids is 2. The maximum Gasteiger partial charge on any atom is 0.486 e. The van der Waals surface area contributed by atoms with Gasteiger partial charge >= 0.3 is 12.1 Å². The number of nitrogens with one attached hydrogen (secondary N) is 1. The SMILES string of the molecule is C[C@H]1C[C@@H]([C@H](Cc2cc(F)cc(F)c2)NC(=O)OC(C)(C)C)OC1=[OH+]. The summed E-state index contributed by atoms with van der Waals surface area (Å²) < 4.78 is 37.5. The van der Waals surface area contributed by atoms with Crippen LogP contribution in [0.2, 0.25) is 0 Å². The van der Waals surface area contributed by atoms with Gasteiger partial charge in [0.25, 0.3) is 0 Å². The van der Waals surface area contributed by atoms with E-state index in [-0.39, 0.29) is 18.3 Å². The number of amides is 1. The van der Waals surface area contributed by atoms with E-state index in [0.29, 0.717) is 12.0 Å². The van der Waals surface area contributed by atoms with Gasteiger partial charge in [0.2, 0.25) is 6.10 Å². The first kappa shape index (κ1) is 19.1. The van der Waals surface area contributed by atoms with Crippen molar-refractivity contribution in [1.82, 2.24) is 5.32 Å². The standard InChI is InChI=1S/C18H23F2NO4/c1-10-5-15(24-16(10)22)14(21-17(23)25-18(2,3)4)8-11-6-12(19)9-13(20)7-11/h6-7,9-10,14-15H,5,8H2,1-4H3,(H,21,23)/p+1/t10-,14-,15-/m0/s1. The van der Waals surface area contributed by atoms with Crippen molar-refractivity contribution in [2.45, 2.75) is 58.3 Å². The number of cyclic esters (lactones) is 1. The second-order valence-corrected chi connectivity index (χ2v) is 7.37. The van der Waals surface area contributed by atoms with Crippen molar-refractivity contribution < 1.29 is 27.8 Å². The van der Waals surface area contributed by atoms with Gasteiger partial charge < -0.3 is 19.6 Å². The van der Waals surface area contributed by atoms with E-state index in [0.717, 1.165) is 6.07 Å². The fraction of sp³-hybridized carbons (Fsp3) is 0.556. The van der Waals surface area contributed by atoms with Gasteiger partial charge in [0.15, 0.2) is 0 Å². The summed E-state index contributed by atoms with van der Waals surface area (Å²) in [5.41, 5.74) is -0.307. The molecule has 7 heteroatoms. The molecule has 1 heterocycles. The van der Waals surface area contributed by atoms with Gasteiger partial charge in [-0.2, -0.15) is 0 Å². The van der Waals surface area contributed by atoms with Crippen molar-refractivity contribution in [2.24, 2.45) is 5.92 Å². The van der Waals surface area contributed by atoms with Crippen LogP contribution in [0, 0.1) is 17.6 Å². The Hall–Kier alpha value is -2.18. The zero-order valence-corrected chi connectivity index (χ0v) is 14.8. The van der Waals surface area contributed by atoms with Crippen LogP contribution in [0.15, 0.2) is 18.2 Å². The first-order valence-corrected chi connectivity index (χ1v) is 8.20. The normalized spacial score (nSPS) is 21.6. The lowest BCUT2D eigenvalue weighted by molar-refractivity contribution is 0.0444. The van der Waals surface area contributed by atoms with Crippen molar-refractivity contribution in [2.75, 3.05) is 0 Å². The monoisotopic (exact) mass is 356 g/mol. The molecule has 1 aliphatic heterocycles. The van der Waals surface area contributed by atoms with Crippen molar-refractivity contribution in [3.05, 3.63) is 35.4 Å². The fourth-order valence-electron chi connectivity index (χ4n) is 2.73. The third kappa shape index (κ3) is 5.69. The number of hydrogen-bond acceptors (Lipinski definition) is 3. The first-order valence-electron chi connectivity index (χ1n) is 8.20. The molecule has 1 aromatic carbocycles. The molecule has 25 heavy (non-hydrogen) atoms. The summed E-state index contributed by atoms with van der Waals surface area (Å²) in [5.74, 6) is -1.68. The molecule has 0 aromatic heterocycles. The lowest BCUT2D eigenvalue weighted by Gasteiger charge is -2.24. The molecule has 0 saturated carbocycles. The highest BCUT2D eigenvalue weighted by molar-refractivity contribution is 5.75. The van der Waals surface area contributed by atoms with E-state index in [4.69, 9.17) is 9.47 Å². The smallest absolute Gasteiger partial charge is 0.444 e. The van der Waals surface area contributed by atoms with Gasteiger partial charge in [0, 0.05) is 12.5 Å². The van der Waals surface area contributed by atoms with Crippen molar-refractivity contribution in [3.63, 3.8) is 0 Å². The third-order valence-corrected chi connectivity index (χ3v) is 3.81. The van der Waals surface area contributed by atoms with Gasteiger partial charge in [-0.05, 0) is 51.8 Å². The van der Waals surface area contributed by atoms with Crippen LogP contribution < -0.4 is 5.32 Å². The Morgan fingerprint density at radius 1 is 1.36 bits per heavy atom. The lowest BCUT2D eigenvalue weighted by atomic mass is 9.96. The Morgan fingerprint density at radius 3 is 2.44 bits per heavy atom. The molecule has 0 unspecified atom stereocenters. The molecule has 0 radical (unpaired) electrons. The van der Waals surface area contributed by atoms with E-state index in [1.165, 1.54) is 12.1 Å². The molecule has 1 aliphatic rings. The summed E-state index contributed by atoms with van der Waals surface area (Å²) in [6, 6.07) is 2.58. The number of esters is 1. The van der Waals surface area contributed by atoms with E-state index in [9.17, 15) is 18.4 Å². The van der Waals surface area contributed by atoms with Gasteiger partial charge in [-0.25, -0.2) is 13.6 Å². The molecule has 2 N–H and O–H groups in total. The topological polar surface area (TPSA) is 69.0 Å². The molecule has 5 nitrogen and oxygen atoms in total. The van der Waals surface area contributed by atoms with Gasteiger partial charge in [-0.15, -0.1) is 0 Å². The number of hydrogen-bond donors (Lipinski definition) is 1. The molecule has 0 aliphatic carbocycles. The largest absolute Gasteiger partial charge is 0.486 e. The Kier molecular flexibility index (Phi) is 5.65. The Morgan fingerprint density at radius 2 is 1.96 bits per heavy atom. The Bertz CT molecular complexity index is 637. The van der Waals surface area contributed by atoms with Gasteiger partial charge in [0.05, 0.1) is 6.04 Å². The lowest BCUT2D eigenvalue weighted by Crippen LogP contribution is -2.46. The third-order valence-electron chi connectivity index (χ3n) is 3.81. The maximum atomic E-state index is 13.4. The van der Waals surface area contributed by atoms with Gasteiger partial charge in [-0.1, -0.05) is 0 Å². The maximum absolute atomic E-state index is 13.4. The van der Waals surface area contributed by atoms with Crippen LogP contribution in [-0.2, 0) is 15.9 Å². The van der Waals surface area contributed by atoms with Crippen LogP contribution in [0.4, 0.5) is 13.6 Å². The van der Waals surface area contributed by atoms with Crippen LogP contribution in [0.3, 0.4) is 0 Å². The van der Waals surface area contributed by atoms with E-state index >= 15 is 0 Å². The predicted octanol–water partition coefficient (Wildman–Crippen LogP) is 3.33. The fourth-order valence-corrected chi connectivity index (χ4v) is 2.73. The average Bonchev–Trinajstić information content (AvgIpc) is 2.74. The molecule has 1 fully saturated rings. The zero-order valence-electron chi connectivity index (χ0n) is 14.8. The van der Waals surface area contributed by atoms with Crippen molar-refractivity contribution in [3.8, 4) is 0 Å². The van der Waals surface area contributed by atoms with E-state index in [1.807, 2.05) is 0 Å². The number of rotatable bonds is 4. The van der Waals surface area contributed by atoms with Crippen LogP contribution in [0.1, 0.15) is 39.7 Å². The minimum Gasteiger partial charge on any atom is -0.444 e. The first-order chi connectivity index (χ1) is 11.5. The average molecular weight is 356 g/mol. The quantitative estimate of drug-likeness (QED) is 0.665. The molecule has 1 aromatic rings. The number of alkyl carbamates (subject to hydrolysis) is 1. The summed E-state index contributed by atoms with van der Waals surface area (Å²) >= 11 is 0. The number of ether oxygens (including phenoxy) is 2. The summed E-state index contributed by atoms with van der Waals surface area (Å²) in [6.45, 7) is 6.99. The second kappa shape index (κ2) is 7.37. The number of benzene rings is 1. The van der Waals surface area contributed by atoms with Crippen LogP contribution in [0.25, 0.3) is 0 Å². The van der Waals surface area contributed by atoms with Gasteiger partial charge in [0.1, 0.15) is 23.2 Å². The van der Waals surface area contributed by atoms with E-state index in [2.05, 4.69) is 5.32 Å². The summed E-state index contributed by atoms with van der Waals surface area (Å²) in [7, 11) is 0. The molecule has 0 spiro atoms. The second-order valence-electron chi connectivity index (χ2n) is 7.37. The predicted molar refractivity (Wildman–Crippen MR) is 88.8 cm³/mol. The zero-order chi connectivity index (χ0) is 18.8. The molecule has 2 rings (SSSR count). The van der Waals surface area contributed by atoms with Crippen LogP contribution in [-0.4, -0.2) is 34.6 Å². The molecule has 1 saturated heterocycles. The summed E-state index contributed by atoms with van der Waals surface area (Å²) in [6.07, 6.45) is -0.561. The minimum atomic E-state index is -0.693. The Balaban J connectivity index is 2.16. The highest BCUT2D eigenvalue weighted by Crippen LogP contribution is 2.25. The molecule has 3 atom stereocenters. The highest BCUT2D eigenvalue weighted by Gasteiger charge is 2.44. The minimum absolute atomic E-state index is 0.105. The number of carbonyl (C=O) groups is 1. The highest BCUT2D eigenvalue weighted by atomic mass is 19.1. The Labute approximate surface area is 145 Å². The van der Waals surface area contributed by atoms with Gasteiger partial charge in [-0.3, -0.25) is 0 Å². The molecule has 0 bridgehead atoms. The van der Waals surface area contributed by atoms with Crippen LogP contribution >= 0.6 is 0 Å². The molecule has 1 amide bonds. The van der Waals surface area contributed by atoms with Crippen molar-refractivity contribution >= 4 is 12.1 Å².